The second kappa shape index (κ2) is 7.31. The molecule has 12 heteroatoms. The molecular formula is C18H17ClF3N5O2S. The van der Waals surface area contributed by atoms with Gasteiger partial charge in [0.2, 0.25) is 0 Å². The van der Waals surface area contributed by atoms with E-state index in [1.807, 2.05) is 0 Å². The maximum absolute atomic E-state index is 13.3. The number of hydrogen-bond acceptors (Lipinski definition) is 4. The van der Waals surface area contributed by atoms with Gasteiger partial charge >= 0.3 is 18.2 Å². The van der Waals surface area contributed by atoms with Gasteiger partial charge in [0.25, 0.3) is 0 Å². The summed E-state index contributed by atoms with van der Waals surface area (Å²) in [5.74, 6) is 0. The van der Waals surface area contributed by atoms with Crippen molar-refractivity contribution in [3.05, 3.63) is 39.9 Å². The molecule has 0 radical (unpaired) electrons. The highest BCUT2D eigenvalue weighted by Gasteiger charge is 2.50. The number of fused-ring (bicyclic) bond motifs is 2. The second-order valence-corrected chi connectivity index (χ2v) is 8.88. The molecule has 1 aromatic heterocycles. The van der Waals surface area contributed by atoms with Gasteiger partial charge in [0.05, 0.1) is 11.8 Å². The predicted octanol–water partition coefficient (Wildman–Crippen LogP) is 4.15. The minimum Gasteiger partial charge on any atom is -0.341 e. The molecule has 30 heavy (non-hydrogen) atoms. The average molecular weight is 460 g/mol. The zero-order valence-corrected chi connectivity index (χ0v) is 17.3. The van der Waals surface area contributed by atoms with Crippen molar-refractivity contribution in [2.45, 2.75) is 18.0 Å². The summed E-state index contributed by atoms with van der Waals surface area (Å²) in [4.78, 5) is 31.9. The van der Waals surface area contributed by atoms with Crippen molar-refractivity contribution < 1.29 is 22.8 Å². The standard InChI is InChI=1S/C18H17ClF3N5O2S/c1-23-15(28)26-5-4-17(8-26)9-27(16(29)25-14-24-7-13(19)30-14)12-3-2-10(6-11(12)17)18(20,21)22/h2-3,6-7H,4-5,8-9H2,1H3,(H,23,28)(H,24,25,29). The molecule has 0 aliphatic carbocycles. The number of carbonyl (C=O) groups is 2. The number of alkyl halides is 3. The lowest BCUT2D eigenvalue weighted by molar-refractivity contribution is -0.137. The van der Waals surface area contributed by atoms with Crippen LogP contribution in [-0.4, -0.2) is 48.6 Å². The van der Waals surface area contributed by atoms with Crippen molar-refractivity contribution >= 4 is 45.8 Å². The predicted molar refractivity (Wildman–Crippen MR) is 107 cm³/mol. The van der Waals surface area contributed by atoms with E-state index in [0.29, 0.717) is 28.6 Å². The molecular weight excluding hydrogens is 443 g/mol. The van der Waals surface area contributed by atoms with Crippen LogP contribution in [0.3, 0.4) is 0 Å². The highest BCUT2D eigenvalue weighted by molar-refractivity contribution is 7.19. The van der Waals surface area contributed by atoms with E-state index in [1.54, 1.807) is 4.90 Å². The number of aromatic nitrogens is 1. The Labute approximate surface area is 178 Å². The number of carbonyl (C=O) groups excluding carboxylic acids is 2. The molecule has 0 bridgehead atoms. The first-order valence-electron chi connectivity index (χ1n) is 9.01. The van der Waals surface area contributed by atoms with Gasteiger partial charge in [-0.15, -0.1) is 0 Å². The van der Waals surface area contributed by atoms with Crippen LogP contribution in [0.4, 0.5) is 33.6 Å². The second-order valence-electron chi connectivity index (χ2n) is 7.22. The molecule has 160 valence electrons. The third-order valence-electron chi connectivity index (χ3n) is 5.44. The minimum atomic E-state index is -4.51. The first-order chi connectivity index (χ1) is 14.1. The molecule has 1 atom stereocenters. The zero-order chi connectivity index (χ0) is 21.7. The number of nitrogens with zero attached hydrogens (tertiary/aromatic N) is 3. The van der Waals surface area contributed by atoms with Gasteiger partial charge in [-0.2, -0.15) is 13.2 Å². The van der Waals surface area contributed by atoms with Crippen molar-refractivity contribution in [2.24, 2.45) is 0 Å². The molecule has 2 aromatic rings. The smallest absolute Gasteiger partial charge is 0.341 e. The summed E-state index contributed by atoms with van der Waals surface area (Å²) in [7, 11) is 1.50. The molecule has 1 spiro atoms. The van der Waals surface area contributed by atoms with Crippen LogP contribution in [-0.2, 0) is 11.6 Å². The number of amides is 4. The van der Waals surface area contributed by atoms with Crippen molar-refractivity contribution in [1.29, 1.82) is 0 Å². The largest absolute Gasteiger partial charge is 0.416 e. The molecule has 1 saturated heterocycles. The minimum absolute atomic E-state index is 0.155. The number of nitrogens with one attached hydrogen (secondary N) is 2. The summed E-state index contributed by atoms with van der Waals surface area (Å²) in [6.07, 6.45) is -2.67. The van der Waals surface area contributed by atoms with Crippen LogP contribution in [0.15, 0.2) is 24.4 Å². The third-order valence-corrected chi connectivity index (χ3v) is 6.47. The first-order valence-corrected chi connectivity index (χ1v) is 10.2. The molecule has 4 rings (SSSR count). The number of thiazole rings is 1. The van der Waals surface area contributed by atoms with Gasteiger partial charge in [0, 0.05) is 37.8 Å². The van der Waals surface area contributed by atoms with Gasteiger partial charge in [-0.25, -0.2) is 14.6 Å². The number of urea groups is 2. The zero-order valence-electron chi connectivity index (χ0n) is 15.7. The molecule has 1 unspecified atom stereocenters. The van der Waals surface area contributed by atoms with E-state index < -0.39 is 23.2 Å². The highest BCUT2D eigenvalue weighted by atomic mass is 35.5. The Hall–Kier alpha value is -2.53. The maximum atomic E-state index is 13.3. The molecule has 3 heterocycles. The molecule has 2 N–H and O–H groups in total. The normalized spacial score (nSPS) is 20.6. The SMILES string of the molecule is CNC(=O)N1CCC2(C1)CN(C(=O)Nc1ncc(Cl)s1)c1ccc(C(F)(F)F)cc12. The fraction of sp³-hybridized carbons (Fsp3) is 0.389. The Morgan fingerprint density at radius 2 is 2.03 bits per heavy atom. The van der Waals surface area contributed by atoms with Crippen molar-refractivity contribution in [3.8, 4) is 0 Å². The van der Waals surface area contributed by atoms with Crippen molar-refractivity contribution in [1.82, 2.24) is 15.2 Å². The molecule has 2 aliphatic heterocycles. The average Bonchev–Trinajstić information content (AvgIpc) is 3.39. The molecule has 1 aromatic carbocycles. The van der Waals surface area contributed by atoms with E-state index in [0.717, 1.165) is 23.5 Å². The molecule has 0 saturated carbocycles. The Balaban J connectivity index is 1.70. The van der Waals surface area contributed by atoms with E-state index >= 15 is 0 Å². The van der Waals surface area contributed by atoms with Crippen LogP contribution in [0.5, 0.6) is 0 Å². The lowest BCUT2D eigenvalue weighted by Crippen LogP contribution is -2.43. The van der Waals surface area contributed by atoms with Crippen LogP contribution in [0.25, 0.3) is 0 Å². The van der Waals surface area contributed by atoms with Crippen LogP contribution in [0, 0.1) is 0 Å². The lowest BCUT2D eigenvalue weighted by Gasteiger charge is -2.25. The Kier molecular flexibility index (Phi) is 5.05. The molecule has 2 aliphatic rings. The van der Waals surface area contributed by atoms with Gasteiger partial charge in [-0.1, -0.05) is 22.9 Å². The van der Waals surface area contributed by atoms with Gasteiger partial charge in [0.1, 0.15) is 4.34 Å². The molecule has 4 amide bonds. The summed E-state index contributed by atoms with van der Waals surface area (Å²) < 4.78 is 40.4. The van der Waals surface area contributed by atoms with Crippen LogP contribution in [0.2, 0.25) is 4.34 Å². The van der Waals surface area contributed by atoms with E-state index in [-0.39, 0.29) is 24.3 Å². The number of anilines is 2. The quantitative estimate of drug-likeness (QED) is 0.672. The fourth-order valence-electron chi connectivity index (χ4n) is 4.05. The van der Waals surface area contributed by atoms with Gasteiger partial charge in [0.15, 0.2) is 5.13 Å². The molecule has 1 fully saturated rings. The summed E-state index contributed by atoms with van der Waals surface area (Å²) >= 11 is 6.92. The van der Waals surface area contributed by atoms with Crippen molar-refractivity contribution in [2.75, 3.05) is 36.9 Å². The van der Waals surface area contributed by atoms with E-state index in [1.165, 1.54) is 24.2 Å². The Bertz CT molecular complexity index is 1010. The van der Waals surface area contributed by atoms with Crippen molar-refractivity contribution in [3.63, 3.8) is 0 Å². The number of hydrogen-bond donors (Lipinski definition) is 2. The lowest BCUT2D eigenvalue weighted by atomic mass is 9.81. The summed E-state index contributed by atoms with van der Waals surface area (Å²) in [5, 5.41) is 5.46. The summed E-state index contributed by atoms with van der Waals surface area (Å²) in [6.45, 7) is 0.753. The summed E-state index contributed by atoms with van der Waals surface area (Å²) in [6, 6.07) is 2.54. The first kappa shape index (κ1) is 20.7. The Morgan fingerprint density at radius 3 is 2.67 bits per heavy atom. The fourth-order valence-corrected chi connectivity index (χ4v) is 4.85. The topological polar surface area (TPSA) is 77.6 Å². The number of benzene rings is 1. The van der Waals surface area contributed by atoms with Gasteiger partial charge < -0.3 is 10.2 Å². The van der Waals surface area contributed by atoms with Crippen LogP contribution in [0.1, 0.15) is 17.5 Å². The van der Waals surface area contributed by atoms with Crippen LogP contribution < -0.4 is 15.5 Å². The maximum Gasteiger partial charge on any atom is 0.416 e. The van der Waals surface area contributed by atoms with E-state index in [9.17, 15) is 22.8 Å². The number of likely N-dealkylation sites (tertiary alicyclic amines) is 1. The van der Waals surface area contributed by atoms with E-state index in [4.69, 9.17) is 11.6 Å². The highest BCUT2D eigenvalue weighted by Crippen LogP contribution is 2.48. The van der Waals surface area contributed by atoms with E-state index in [2.05, 4.69) is 15.6 Å². The number of rotatable bonds is 1. The van der Waals surface area contributed by atoms with Gasteiger partial charge in [-0.3, -0.25) is 10.2 Å². The summed E-state index contributed by atoms with van der Waals surface area (Å²) in [5.41, 5.74) is -0.757. The Morgan fingerprint density at radius 1 is 1.27 bits per heavy atom. The number of halogens is 4. The third kappa shape index (κ3) is 3.56. The van der Waals surface area contributed by atoms with Crippen LogP contribution >= 0.6 is 22.9 Å². The molecule has 7 nitrogen and oxygen atoms in total. The monoisotopic (exact) mass is 459 g/mol. The van der Waals surface area contributed by atoms with Gasteiger partial charge in [-0.05, 0) is 30.2 Å².